The monoisotopic (exact) mass is 484 g/mol. The van der Waals surface area contributed by atoms with Crippen LogP contribution in [0.5, 0.6) is 5.75 Å². The number of aliphatic hydroxyl groups excluding tert-OH is 2. The van der Waals surface area contributed by atoms with E-state index in [1.165, 1.54) is 11.0 Å². The summed E-state index contributed by atoms with van der Waals surface area (Å²) in [7, 11) is 0. The summed E-state index contributed by atoms with van der Waals surface area (Å²) in [6, 6.07) is 21.4. The average Bonchev–Trinajstić information content (AvgIpc) is 3.05. The van der Waals surface area contributed by atoms with E-state index >= 15 is 0 Å². The van der Waals surface area contributed by atoms with Gasteiger partial charge in [0.1, 0.15) is 17.7 Å². The number of ether oxygens (including phenoxy) is 1. The molecule has 2 unspecified atom stereocenters. The van der Waals surface area contributed by atoms with Gasteiger partial charge in [0, 0.05) is 34.8 Å². The van der Waals surface area contributed by atoms with Crippen molar-refractivity contribution in [1.29, 1.82) is 0 Å². The number of benzene rings is 3. The van der Waals surface area contributed by atoms with Crippen LogP contribution in [0.1, 0.15) is 21.5 Å². The molecule has 0 fully saturated rings. The topological polar surface area (TPSA) is 82.0 Å². The smallest absolute Gasteiger partial charge is 0.251 e. The maximum atomic E-state index is 12.4. The molecule has 4 rings (SSSR count). The molecule has 0 aromatic heterocycles. The molecule has 1 amide bonds. The van der Waals surface area contributed by atoms with Crippen LogP contribution in [0, 0.1) is 0 Å². The summed E-state index contributed by atoms with van der Waals surface area (Å²) in [5.41, 5.74) is 2.36. The number of aliphatic hydroxyl groups is 2. The molecular weight excluding hydrogens is 463 g/mol. The van der Waals surface area contributed by atoms with E-state index in [0.29, 0.717) is 27.9 Å². The molecule has 0 aliphatic carbocycles. The SMILES string of the molecule is O=C(NCc1ccccc1)c1ccc(CN2C(O)C=C(Oc3cc(Cl)cc(Cl)c3)C2O)cc1. The van der Waals surface area contributed by atoms with Crippen molar-refractivity contribution in [1.82, 2.24) is 10.2 Å². The van der Waals surface area contributed by atoms with Gasteiger partial charge < -0.3 is 20.3 Å². The van der Waals surface area contributed by atoms with Crippen molar-refractivity contribution in [3.8, 4) is 5.75 Å². The fraction of sp³-hybridized carbons (Fsp3) is 0.160. The first-order valence-electron chi connectivity index (χ1n) is 10.3. The number of nitrogens with one attached hydrogen (secondary N) is 1. The molecule has 0 saturated carbocycles. The van der Waals surface area contributed by atoms with E-state index < -0.39 is 12.5 Å². The van der Waals surface area contributed by atoms with Crippen molar-refractivity contribution in [3.05, 3.63) is 111 Å². The first kappa shape index (κ1) is 23.3. The number of carbonyl (C=O) groups excluding carboxylic acids is 1. The molecule has 0 bridgehead atoms. The summed E-state index contributed by atoms with van der Waals surface area (Å²) in [5, 5.41) is 24.7. The van der Waals surface area contributed by atoms with Crippen LogP contribution in [0.15, 0.2) is 84.6 Å². The van der Waals surface area contributed by atoms with Crippen LogP contribution >= 0.6 is 23.2 Å². The Hall–Kier alpha value is -2.87. The van der Waals surface area contributed by atoms with Gasteiger partial charge in [-0.2, -0.15) is 0 Å². The standard InChI is InChI=1S/C25H22Cl2N2O4/c26-19-10-20(27)12-21(11-19)33-22-13-23(30)29(25(22)32)15-17-6-8-18(9-7-17)24(31)28-14-16-4-2-1-3-5-16/h1-13,23,25,30,32H,14-15H2,(H,28,31). The van der Waals surface area contributed by atoms with Gasteiger partial charge in [0.05, 0.1) is 0 Å². The molecule has 2 atom stereocenters. The van der Waals surface area contributed by atoms with Gasteiger partial charge in [-0.3, -0.25) is 4.79 Å². The van der Waals surface area contributed by atoms with Crippen LogP contribution < -0.4 is 10.1 Å². The van der Waals surface area contributed by atoms with Crippen LogP contribution in [0.25, 0.3) is 0 Å². The number of nitrogens with zero attached hydrogens (tertiary/aromatic N) is 1. The normalized spacial score (nSPS) is 18.1. The number of amides is 1. The summed E-state index contributed by atoms with van der Waals surface area (Å²) >= 11 is 12.0. The molecule has 8 heteroatoms. The van der Waals surface area contributed by atoms with Gasteiger partial charge in [-0.15, -0.1) is 0 Å². The van der Waals surface area contributed by atoms with Crippen molar-refractivity contribution in [2.24, 2.45) is 0 Å². The fourth-order valence-corrected chi connectivity index (χ4v) is 3.99. The Morgan fingerprint density at radius 3 is 2.27 bits per heavy atom. The molecule has 1 aliphatic heterocycles. The Balaban J connectivity index is 1.35. The number of rotatable bonds is 7. The van der Waals surface area contributed by atoms with E-state index in [1.807, 2.05) is 30.3 Å². The lowest BCUT2D eigenvalue weighted by Crippen LogP contribution is -2.37. The first-order chi connectivity index (χ1) is 15.9. The van der Waals surface area contributed by atoms with Crippen LogP contribution in [-0.2, 0) is 13.1 Å². The predicted octanol–water partition coefficient (Wildman–Crippen LogP) is 4.34. The largest absolute Gasteiger partial charge is 0.458 e. The van der Waals surface area contributed by atoms with Crippen molar-refractivity contribution in [3.63, 3.8) is 0 Å². The molecule has 1 heterocycles. The molecule has 0 radical (unpaired) electrons. The third kappa shape index (κ3) is 5.93. The van der Waals surface area contributed by atoms with E-state index in [9.17, 15) is 15.0 Å². The lowest BCUT2D eigenvalue weighted by Gasteiger charge is -2.25. The first-order valence-corrected chi connectivity index (χ1v) is 11.0. The van der Waals surface area contributed by atoms with E-state index in [-0.39, 0.29) is 18.2 Å². The van der Waals surface area contributed by atoms with Crippen LogP contribution in [0.2, 0.25) is 10.0 Å². The molecule has 33 heavy (non-hydrogen) atoms. The van der Waals surface area contributed by atoms with Crippen LogP contribution in [-0.4, -0.2) is 33.5 Å². The third-order valence-corrected chi connectivity index (χ3v) is 5.61. The lowest BCUT2D eigenvalue weighted by molar-refractivity contribution is -0.0580. The maximum absolute atomic E-state index is 12.4. The highest BCUT2D eigenvalue weighted by molar-refractivity contribution is 6.34. The van der Waals surface area contributed by atoms with E-state index in [1.54, 1.807) is 42.5 Å². The zero-order chi connectivity index (χ0) is 23.4. The quantitative estimate of drug-likeness (QED) is 0.464. The van der Waals surface area contributed by atoms with Gasteiger partial charge in [-0.25, -0.2) is 4.90 Å². The molecule has 3 aromatic rings. The zero-order valence-corrected chi connectivity index (χ0v) is 19.0. The number of hydrogen-bond acceptors (Lipinski definition) is 5. The Labute approximate surface area is 201 Å². The van der Waals surface area contributed by atoms with Gasteiger partial charge in [-0.05, 0) is 41.5 Å². The highest BCUT2D eigenvalue weighted by Gasteiger charge is 2.34. The van der Waals surface area contributed by atoms with Gasteiger partial charge in [0.25, 0.3) is 5.91 Å². The zero-order valence-electron chi connectivity index (χ0n) is 17.5. The van der Waals surface area contributed by atoms with E-state index in [4.69, 9.17) is 27.9 Å². The van der Waals surface area contributed by atoms with Crippen LogP contribution in [0.3, 0.4) is 0 Å². The molecule has 3 aromatic carbocycles. The van der Waals surface area contributed by atoms with Crippen molar-refractivity contribution in [2.75, 3.05) is 0 Å². The second-order valence-corrected chi connectivity index (χ2v) is 8.47. The van der Waals surface area contributed by atoms with Crippen molar-refractivity contribution < 1.29 is 19.7 Å². The minimum atomic E-state index is -1.16. The highest BCUT2D eigenvalue weighted by atomic mass is 35.5. The summed E-state index contributed by atoms with van der Waals surface area (Å²) in [5.74, 6) is 0.361. The fourth-order valence-electron chi connectivity index (χ4n) is 3.48. The van der Waals surface area contributed by atoms with E-state index in [2.05, 4.69) is 5.32 Å². The minimum absolute atomic E-state index is 0.177. The molecule has 170 valence electrons. The molecular formula is C25H22Cl2N2O4. The molecule has 1 aliphatic rings. The molecule has 0 spiro atoms. The highest BCUT2D eigenvalue weighted by Crippen LogP contribution is 2.30. The van der Waals surface area contributed by atoms with Gasteiger partial charge in [0.15, 0.2) is 6.23 Å². The second-order valence-electron chi connectivity index (χ2n) is 7.60. The Kier molecular flexibility index (Phi) is 7.33. The second kappa shape index (κ2) is 10.4. The van der Waals surface area contributed by atoms with Gasteiger partial charge >= 0.3 is 0 Å². The Morgan fingerprint density at radius 2 is 1.61 bits per heavy atom. The minimum Gasteiger partial charge on any atom is -0.458 e. The summed E-state index contributed by atoms with van der Waals surface area (Å²) in [4.78, 5) is 13.8. The summed E-state index contributed by atoms with van der Waals surface area (Å²) < 4.78 is 5.69. The van der Waals surface area contributed by atoms with Crippen molar-refractivity contribution in [2.45, 2.75) is 25.5 Å². The lowest BCUT2D eigenvalue weighted by atomic mass is 10.1. The maximum Gasteiger partial charge on any atom is 0.251 e. The number of carbonyl (C=O) groups is 1. The third-order valence-electron chi connectivity index (χ3n) is 5.17. The Morgan fingerprint density at radius 1 is 0.939 bits per heavy atom. The van der Waals surface area contributed by atoms with Gasteiger partial charge in [0.2, 0.25) is 0 Å². The summed E-state index contributed by atoms with van der Waals surface area (Å²) in [6.45, 7) is 0.688. The van der Waals surface area contributed by atoms with E-state index in [0.717, 1.165) is 11.1 Å². The molecule has 6 nitrogen and oxygen atoms in total. The Bertz CT molecular complexity index is 1130. The van der Waals surface area contributed by atoms with Crippen LogP contribution in [0.4, 0.5) is 0 Å². The molecule has 3 N–H and O–H groups in total. The van der Waals surface area contributed by atoms with Gasteiger partial charge in [-0.1, -0.05) is 65.7 Å². The number of hydrogen-bond donors (Lipinski definition) is 3. The number of halogens is 2. The molecule has 0 saturated heterocycles. The predicted molar refractivity (Wildman–Crippen MR) is 127 cm³/mol. The van der Waals surface area contributed by atoms with Crippen molar-refractivity contribution >= 4 is 29.1 Å². The summed E-state index contributed by atoms with van der Waals surface area (Å²) in [6.07, 6.45) is -0.782. The average molecular weight is 485 g/mol.